The molecule has 0 spiro atoms. The Kier molecular flexibility index (Phi) is 4.87. The first-order chi connectivity index (χ1) is 6.17. The Morgan fingerprint density at radius 3 is 2.14 bits per heavy atom. The third kappa shape index (κ3) is 6.20. The molecule has 0 aliphatic heterocycles. The van der Waals surface area contributed by atoms with E-state index in [0.29, 0.717) is 0 Å². The smallest absolute Gasteiger partial charge is 0.309 e. The minimum atomic E-state index is -4.31. The van der Waals surface area contributed by atoms with Crippen LogP contribution in [0.2, 0.25) is 0 Å². The van der Waals surface area contributed by atoms with Gasteiger partial charge in [-0.25, -0.2) is 8.42 Å². The van der Waals surface area contributed by atoms with Gasteiger partial charge < -0.3 is 5.32 Å². The van der Waals surface area contributed by atoms with Gasteiger partial charge in [-0.2, -0.15) is 13.2 Å². The standard InChI is InChI=1S/C7H14F3NO2S/c1-11-6(7(8,9)10)4-3-5-14(2,12)13/h6,11H,3-5H2,1-2H3. The normalized spacial score (nSPS) is 15.5. The molecule has 1 N–H and O–H groups in total. The highest BCUT2D eigenvalue weighted by Gasteiger charge is 2.37. The zero-order chi connectivity index (χ0) is 11.4. The molecule has 0 aromatic carbocycles. The molecule has 86 valence electrons. The van der Waals surface area contributed by atoms with Crippen LogP contribution in [-0.2, 0) is 9.84 Å². The van der Waals surface area contributed by atoms with Crippen LogP contribution >= 0.6 is 0 Å². The van der Waals surface area contributed by atoms with Crippen molar-refractivity contribution in [3.63, 3.8) is 0 Å². The maximum Gasteiger partial charge on any atom is 0.403 e. The summed E-state index contributed by atoms with van der Waals surface area (Å²) in [7, 11) is -1.96. The van der Waals surface area contributed by atoms with Gasteiger partial charge in [-0.1, -0.05) is 0 Å². The van der Waals surface area contributed by atoms with Gasteiger partial charge in [0.2, 0.25) is 0 Å². The van der Waals surface area contributed by atoms with Crippen molar-refractivity contribution in [1.29, 1.82) is 0 Å². The highest BCUT2D eigenvalue weighted by molar-refractivity contribution is 7.90. The Labute approximate surface area is 81.6 Å². The molecule has 0 heterocycles. The summed E-state index contributed by atoms with van der Waals surface area (Å²) in [6.45, 7) is 0. The van der Waals surface area contributed by atoms with Crippen LogP contribution in [0.3, 0.4) is 0 Å². The van der Waals surface area contributed by atoms with Gasteiger partial charge in [-0.05, 0) is 19.9 Å². The van der Waals surface area contributed by atoms with Crippen LogP contribution in [0.15, 0.2) is 0 Å². The van der Waals surface area contributed by atoms with E-state index < -0.39 is 22.1 Å². The lowest BCUT2D eigenvalue weighted by Gasteiger charge is -2.18. The van der Waals surface area contributed by atoms with Crippen LogP contribution in [0, 0.1) is 0 Å². The topological polar surface area (TPSA) is 46.2 Å². The Bertz CT molecular complexity index is 261. The largest absolute Gasteiger partial charge is 0.403 e. The van der Waals surface area contributed by atoms with E-state index in [4.69, 9.17) is 0 Å². The minimum absolute atomic E-state index is 0.0177. The van der Waals surface area contributed by atoms with E-state index >= 15 is 0 Å². The van der Waals surface area contributed by atoms with Crippen molar-refractivity contribution in [2.75, 3.05) is 19.1 Å². The van der Waals surface area contributed by atoms with Crippen LogP contribution in [0.5, 0.6) is 0 Å². The summed E-state index contributed by atoms with van der Waals surface area (Å²) in [5.41, 5.74) is 0. The number of hydrogen-bond donors (Lipinski definition) is 1. The first-order valence-corrected chi connectivity index (χ1v) is 6.14. The Hall–Kier alpha value is -0.300. The van der Waals surface area contributed by atoms with Crippen molar-refractivity contribution in [3.05, 3.63) is 0 Å². The molecule has 14 heavy (non-hydrogen) atoms. The van der Waals surface area contributed by atoms with Crippen LogP contribution in [-0.4, -0.2) is 39.7 Å². The Balaban J connectivity index is 3.99. The number of hydrogen-bond acceptors (Lipinski definition) is 3. The predicted octanol–water partition coefficient (Wildman–Crippen LogP) is 0.962. The van der Waals surface area contributed by atoms with Crippen molar-refractivity contribution >= 4 is 9.84 Å². The summed E-state index contributed by atoms with van der Waals surface area (Å²) in [6.07, 6.45) is -3.50. The summed E-state index contributed by atoms with van der Waals surface area (Å²) in [4.78, 5) is 0. The fourth-order valence-corrected chi connectivity index (χ4v) is 1.71. The minimum Gasteiger partial charge on any atom is -0.309 e. The van der Waals surface area contributed by atoms with Crippen LogP contribution in [0.25, 0.3) is 0 Å². The van der Waals surface area contributed by atoms with Gasteiger partial charge in [0.25, 0.3) is 0 Å². The van der Waals surface area contributed by atoms with Gasteiger partial charge in [-0.15, -0.1) is 0 Å². The molecule has 0 fully saturated rings. The van der Waals surface area contributed by atoms with Crippen LogP contribution in [0.1, 0.15) is 12.8 Å². The summed E-state index contributed by atoms with van der Waals surface area (Å²) in [5.74, 6) is -0.207. The molecule has 3 nitrogen and oxygen atoms in total. The number of rotatable bonds is 5. The third-order valence-electron chi connectivity index (χ3n) is 1.75. The molecule has 0 saturated carbocycles. The Morgan fingerprint density at radius 1 is 1.36 bits per heavy atom. The van der Waals surface area contributed by atoms with E-state index in [1.165, 1.54) is 7.05 Å². The molecule has 0 saturated heterocycles. The predicted molar refractivity (Wildman–Crippen MR) is 47.8 cm³/mol. The molecule has 1 atom stereocenters. The second-order valence-corrected chi connectivity index (χ2v) is 5.41. The van der Waals surface area contributed by atoms with Crippen molar-refractivity contribution in [2.24, 2.45) is 0 Å². The van der Waals surface area contributed by atoms with E-state index in [9.17, 15) is 21.6 Å². The molecule has 0 aliphatic rings. The fraction of sp³-hybridized carbons (Fsp3) is 1.00. The number of halogens is 3. The monoisotopic (exact) mass is 233 g/mol. The molecular formula is C7H14F3NO2S. The van der Waals surface area contributed by atoms with E-state index in [1.807, 2.05) is 0 Å². The third-order valence-corrected chi connectivity index (χ3v) is 2.78. The number of alkyl halides is 3. The van der Waals surface area contributed by atoms with E-state index in [-0.39, 0.29) is 18.6 Å². The lowest BCUT2D eigenvalue weighted by atomic mass is 10.1. The van der Waals surface area contributed by atoms with E-state index in [0.717, 1.165) is 6.26 Å². The summed E-state index contributed by atoms with van der Waals surface area (Å²) in [5, 5.41) is 2.11. The maximum absolute atomic E-state index is 12.1. The first-order valence-electron chi connectivity index (χ1n) is 4.08. The second-order valence-electron chi connectivity index (χ2n) is 3.15. The lowest BCUT2D eigenvalue weighted by molar-refractivity contribution is -0.155. The van der Waals surface area contributed by atoms with Crippen molar-refractivity contribution < 1.29 is 21.6 Å². The molecule has 0 aliphatic carbocycles. The SMILES string of the molecule is CNC(CCCS(C)(=O)=O)C(F)(F)F. The van der Waals surface area contributed by atoms with Crippen molar-refractivity contribution in [1.82, 2.24) is 5.32 Å². The molecule has 0 aromatic rings. The van der Waals surface area contributed by atoms with E-state index in [2.05, 4.69) is 5.32 Å². The van der Waals surface area contributed by atoms with E-state index in [1.54, 1.807) is 0 Å². The highest BCUT2D eigenvalue weighted by atomic mass is 32.2. The summed E-state index contributed by atoms with van der Waals surface area (Å²) >= 11 is 0. The molecule has 7 heteroatoms. The Morgan fingerprint density at radius 2 is 1.86 bits per heavy atom. The molecule has 1 unspecified atom stereocenters. The van der Waals surface area contributed by atoms with Gasteiger partial charge >= 0.3 is 6.18 Å². The zero-order valence-electron chi connectivity index (χ0n) is 8.06. The van der Waals surface area contributed by atoms with Gasteiger partial charge in [-0.3, -0.25) is 0 Å². The molecule has 0 amide bonds. The van der Waals surface area contributed by atoms with Crippen LogP contribution < -0.4 is 5.32 Å². The first kappa shape index (κ1) is 13.7. The quantitative estimate of drug-likeness (QED) is 0.769. The van der Waals surface area contributed by atoms with Crippen LogP contribution in [0.4, 0.5) is 13.2 Å². The molecular weight excluding hydrogens is 219 g/mol. The van der Waals surface area contributed by atoms with Crippen molar-refractivity contribution in [2.45, 2.75) is 25.1 Å². The molecule has 0 radical (unpaired) electrons. The number of nitrogens with one attached hydrogen (secondary N) is 1. The van der Waals surface area contributed by atoms with Gasteiger partial charge in [0, 0.05) is 12.0 Å². The van der Waals surface area contributed by atoms with Gasteiger partial charge in [0.15, 0.2) is 0 Å². The average Bonchev–Trinajstić information content (AvgIpc) is 1.93. The molecule has 0 aromatic heterocycles. The lowest BCUT2D eigenvalue weighted by Crippen LogP contribution is -2.40. The second kappa shape index (κ2) is 4.97. The summed E-state index contributed by atoms with van der Waals surface area (Å²) in [6, 6.07) is -1.62. The van der Waals surface area contributed by atoms with Crippen molar-refractivity contribution in [3.8, 4) is 0 Å². The highest BCUT2D eigenvalue weighted by Crippen LogP contribution is 2.23. The summed E-state index contributed by atoms with van der Waals surface area (Å²) < 4.78 is 57.7. The van der Waals surface area contributed by atoms with Gasteiger partial charge in [0.05, 0.1) is 0 Å². The maximum atomic E-state index is 12.1. The molecule has 0 rings (SSSR count). The average molecular weight is 233 g/mol. The fourth-order valence-electron chi connectivity index (χ4n) is 1.02. The van der Waals surface area contributed by atoms with Gasteiger partial charge in [0.1, 0.15) is 15.9 Å². The number of sulfone groups is 1. The molecule has 0 bridgehead atoms. The zero-order valence-corrected chi connectivity index (χ0v) is 8.87.